The molecule has 124 valence electrons. The van der Waals surface area contributed by atoms with Gasteiger partial charge in [-0.15, -0.1) is 0 Å². The molecule has 3 nitrogen and oxygen atoms in total. The summed E-state index contributed by atoms with van der Waals surface area (Å²) in [4.78, 5) is 10.8. The maximum absolute atomic E-state index is 10.8. The van der Waals surface area contributed by atoms with Crippen molar-refractivity contribution in [2.75, 3.05) is 0 Å². The molecule has 0 radical (unpaired) electrons. The third-order valence-corrected chi connectivity index (χ3v) is 3.89. The van der Waals surface area contributed by atoms with Gasteiger partial charge in [0.25, 0.3) is 0 Å². The first-order chi connectivity index (χ1) is 10.7. The zero-order valence-corrected chi connectivity index (χ0v) is 13.8. The number of hydrogen-bond acceptors (Lipinski definition) is 2. The van der Waals surface area contributed by atoms with Crippen molar-refractivity contribution in [3.05, 3.63) is 35.9 Å². The average molecular weight is 306 g/mol. The predicted molar refractivity (Wildman–Crippen MR) is 89.9 cm³/mol. The van der Waals surface area contributed by atoms with Gasteiger partial charge in [-0.2, -0.15) is 0 Å². The molecule has 0 spiro atoms. The highest BCUT2D eigenvalue weighted by Gasteiger charge is 2.11. The van der Waals surface area contributed by atoms with E-state index >= 15 is 0 Å². The fraction of sp³-hybridized carbons (Fsp3) is 0.632. The molecular weight excluding hydrogens is 276 g/mol. The summed E-state index contributed by atoms with van der Waals surface area (Å²) in [6.45, 7) is 2.79. The topological polar surface area (TPSA) is 46.5 Å². The highest BCUT2D eigenvalue weighted by molar-refractivity contribution is 5.66. The smallest absolute Gasteiger partial charge is 0.303 e. The van der Waals surface area contributed by atoms with Crippen molar-refractivity contribution < 1.29 is 14.6 Å². The molecular formula is C19H30O3. The van der Waals surface area contributed by atoms with E-state index in [-0.39, 0.29) is 12.5 Å². The largest absolute Gasteiger partial charge is 0.481 e. The summed E-state index contributed by atoms with van der Waals surface area (Å²) in [5, 5.41) is 8.86. The van der Waals surface area contributed by atoms with Gasteiger partial charge in [0.2, 0.25) is 0 Å². The first-order valence-corrected chi connectivity index (χ1v) is 8.59. The number of carbonyl (C=O) groups is 1. The van der Waals surface area contributed by atoms with Crippen molar-refractivity contribution in [3.8, 4) is 0 Å². The van der Waals surface area contributed by atoms with E-state index in [1.807, 2.05) is 30.3 Å². The Hall–Kier alpha value is -1.35. The lowest BCUT2D eigenvalue weighted by Gasteiger charge is -2.17. The SMILES string of the molecule is CCCCCCCCC(CCC(=O)O)OCc1ccccc1. The second-order valence-corrected chi connectivity index (χ2v) is 5.91. The highest BCUT2D eigenvalue weighted by Crippen LogP contribution is 2.16. The van der Waals surface area contributed by atoms with E-state index in [9.17, 15) is 4.79 Å². The summed E-state index contributed by atoms with van der Waals surface area (Å²) >= 11 is 0. The number of hydrogen-bond donors (Lipinski definition) is 1. The second kappa shape index (κ2) is 12.2. The predicted octanol–water partition coefficient (Wildman–Crippen LogP) is 5.19. The number of benzene rings is 1. The van der Waals surface area contributed by atoms with Crippen molar-refractivity contribution in [2.45, 2.75) is 77.4 Å². The molecule has 22 heavy (non-hydrogen) atoms. The highest BCUT2D eigenvalue weighted by atomic mass is 16.5. The quantitative estimate of drug-likeness (QED) is 0.510. The van der Waals surface area contributed by atoms with Gasteiger partial charge in [-0.25, -0.2) is 0 Å². The van der Waals surface area contributed by atoms with Gasteiger partial charge in [-0.1, -0.05) is 75.8 Å². The Morgan fingerprint density at radius 3 is 2.41 bits per heavy atom. The Balaban J connectivity index is 2.27. The molecule has 0 aliphatic rings. The Kier molecular flexibility index (Phi) is 10.4. The van der Waals surface area contributed by atoms with Crippen LogP contribution in [0.2, 0.25) is 0 Å². The number of ether oxygens (including phenoxy) is 1. The fourth-order valence-electron chi connectivity index (χ4n) is 2.54. The molecule has 0 heterocycles. The van der Waals surface area contributed by atoms with Crippen molar-refractivity contribution in [3.63, 3.8) is 0 Å². The third-order valence-electron chi connectivity index (χ3n) is 3.89. The van der Waals surface area contributed by atoms with E-state index in [0.29, 0.717) is 13.0 Å². The number of unbranched alkanes of at least 4 members (excludes halogenated alkanes) is 5. The minimum absolute atomic E-state index is 0.0579. The first-order valence-electron chi connectivity index (χ1n) is 8.59. The van der Waals surface area contributed by atoms with Crippen LogP contribution >= 0.6 is 0 Å². The molecule has 0 amide bonds. The Morgan fingerprint density at radius 2 is 1.73 bits per heavy atom. The summed E-state index contributed by atoms with van der Waals surface area (Å²) < 4.78 is 5.94. The average Bonchev–Trinajstić information content (AvgIpc) is 2.53. The van der Waals surface area contributed by atoms with E-state index in [1.165, 1.54) is 32.1 Å². The summed E-state index contributed by atoms with van der Waals surface area (Å²) in [6, 6.07) is 10.1. The van der Waals surface area contributed by atoms with Crippen LogP contribution in [0.5, 0.6) is 0 Å². The minimum Gasteiger partial charge on any atom is -0.481 e. The van der Waals surface area contributed by atoms with Gasteiger partial charge in [0.05, 0.1) is 12.7 Å². The molecule has 0 aromatic heterocycles. The molecule has 0 aliphatic carbocycles. The second-order valence-electron chi connectivity index (χ2n) is 5.91. The maximum Gasteiger partial charge on any atom is 0.303 e. The Labute approximate surface area is 134 Å². The summed E-state index contributed by atoms with van der Waals surface area (Å²) in [5.74, 6) is -0.740. The molecule has 1 N–H and O–H groups in total. The monoisotopic (exact) mass is 306 g/mol. The van der Waals surface area contributed by atoms with Gasteiger partial charge < -0.3 is 9.84 Å². The van der Waals surface area contributed by atoms with Crippen LogP contribution in [-0.2, 0) is 16.1 Å². The zero-order chi connectivity index (χ0) is 16.0. The molecule has 0 saturated heterocycles. The van der Waals surface area contributed by atoms with Crippen molar-refractivity contribution in [2.24, 2.45) is 0 Å². The normalized spacial score (nSPS) is 12.2. The summed E-state index contributed by atoms with van der Waals surface area (Å²) in [6.07, 6.45) is 9.33. The van der Waals surface area contributed by atoms with E-state index in [4.69, 9.17) is 9.84 Å². The summed E-state index contributed by atoms with van der Waals surface area (Å²) in [5.41, 5.74) is 1.14. The van der Waals surface area contributed by atoms with Crippen LogP contribution < -0.4 is 0 Å². The summed E-state index contributed by atoms with van der Waals surface area (Å²) in [7, 11) is 0. The van der Waals surface area contributed by atoms with E-state index < -0.39 is 5.97 Å². The van der Waals surface area contributed by atoms with Gasteiger partial charge in [0, 0.05) is 6.42 Å². The van der Waals surface area contributed by atoms with E-state index in [2.05, 4.69) is 6.92 Å². The first kappa shape index (κ1) is 18.7. The van der Waals surface area contributed by atoms with Gasteiger partial charge in [-0.3, -0.25) is 4.79 Å². The lowest BCUT2D eigenvalue weighted by molar-refractivity contribution is -0.138. The molecule has 1 unspecified atom stereocenters. The third kappa shape index (κ3) is 9.56. The molecule has 0 bridgehead atoms. The number of rotatable bonds is 13. The number of carboxylic acids is 1. The zero-order valence-electron chi connectivity index (χ0n) is 13.8. The molecule has 0 saturated carbocycles. The molecule has 1 aromatic rings. The number of aliphatic carboxylic acids is 1. The Morgan fingerprint density at radius 1 is 1.05 bits per heavy atom. The molecule has 1 atom stereocenters. The van der Waals surface area contributed by atoms with Gasteiger partial charge >= 0.3 is 5.97 Å². The maximum atomic E-state index is 10.8. The van der Waals surface area contributed by atoms with E-state index in [1.54, 1.807) is 0 Å². The van der Waals surface area contributed by atoms with Gasteiger partial charge in [-0.05, 0) is 18.4 Å². The van der Waals surface area contributed by atoms with Crippen LogP contribution in [0.1, 0.15) is 70.3 Å². The van der Waals surface area contributed by atoms with Gasteiger partial charge in [0.15, 0.2) is 0 Å². The molecule has 0 fully saturated rings. The minimum atomic E-state index is -0.740. The molecule has 0 aliphatic heterocycles. The van der Waals surface area contributed by atoms with Crippen LogP contribution in [0.25, 0.3) is 0 Å². The standard InChI is InChI=1S/C19H30O3/c1-2-3-4-5-6-10-13-18(14-15-19(20)21)22-16-17-11-8-7-9-12-17/h7-9,11-12,18H,2-6,10,13-16H2,1H3,(H,20,21). The van der Waals surface area contributed by atoms with Crippen molar-refractivity contribution >= 4 is 5.97 Å². The van der Waals surface area contributed by atoms with Crippen molar-refractivity contribution in [1.29, 1.82) is 0 Å². The lowest BCUT2D eigenvalue weighted by atomic mass is 10.0. The van der Waals surface area contributed by atoms with Crippen LogP contribution in [0.3, 0.4) is 0 Å². The molecule has 3 heteroatoms. The van der Waals surface area contributed by atoms with Crippen LogP contribution in [-0.4, -0.2) is 17.2 Å². The number of carboxylic acid groups (broad SMARTS) is 1. The van der Waals surface area contributed by atoms with Crippen molar-refractivity contribution in [1.82, 2.24) is 0 Å². The van der Waals surface area contributed by atoms with Crippen LogP contribution in [0.15, 0.2) is 30.3 Å². The van der Waals surface area contributed by atoms with E-state index in [0.717, 1.165) is 18.4 Å². The van der Waals surface area contributed by atoms with Gasteiger partial charge in [0.1, 0.15) is 0 Å². The Bertz CT molecular complexity index is 389. The van der Waals surface area contributed by atoms with Crippen LogP contribution in [0.4, 0.5) is 0 Å². The lowest BCUT2D eigenvalue weighted by Crippen LogP contribution is -2.15. The fourth-order valence-corrected chi connectivity index (χ4v) is 2.54. The van der Waals surface area contributed by atoms with Crippen LogP contribution in [0, 0.1) is 0 Å². The molecule has 1 rings (SSSR count). The molecule has 1 aromatic carbocycles.